The highest BCUT2D eigenvalue weighted by molar-refractivity contribution is 5.85. The predicted molar refractivity (Wildman–Crippen MR) is 55.5 cm³/mol. The molecule has 1 rings (SSSR count). The molecule has 0 aromatic carbocycles. The third-order valence-electron chi connectivity index (χ3n) is 2.08. The number of rotatable bonds is 2. The number of carbonyl (C=O) groups is 1. The summed E-state index contributed by atoms with van der Waals surface area (Å²) in [6.07, 6.45) is -1.05. The summed E-state index contributed by atoms with van der Waals surface area (Å²) in [4.78, 5) is 12.2. The fourth-order valence-electron chi connectivity index (χ4n) is 1.35. The molecule has 0 radical (unpaired) electrons. The molecule has 1 saturated heterocycles. The second-order valence-corrected chi connectivity index (χ2v) is 4.77. The van der Waals surface area contributed by atoms with Gasteiger partial charge in [0.05, 0.1) is 6.04 Å². The first kappa shape index (κ1) is 13.5. The van der Waals surface area contributed by atoms with Gasteiger partial charge >= 0.3 is 0 Å². The lowest BCUT2D eigenvalue weighted by Gasteiger charge is -2.42. The Hall–Kier alpha value is -0.480. The Morgan fingerprint density at radius 1 is 1.50 bits per heavy atom. The number of nitrogens with one attached hydrogen (secondary N) is 1. The van der Waals surface area contributed by atoms with Gasteiger partial charge < -0.3 is 20.1 Å². The lowest BCUT2D eigenvalue weighted by Crippen LogP contribution is -2.62. The summed E-state index contributed by atoms with van der Waals surface area (Å²) in [5.74, 6) is 0. The van der Waals surface area contributed by atoms with Crippen molar-refractivity contribution in [3.05, 3.63) is 0 Å². The van der Waals surface area contributed by atoms with E-state index in [1.165, 1.54) is 4.90 Å². The standard InChI is InChI=1S/C9H18N2O2.ClH/c1-9(2,3)6-11(8(12)13)7-4-10-5-7;/h7,10H,4-6H2,1-3H3,(H,12,13);1H/p-1. The normalized spacial score (nSPS) is 16.8. The van der Waals surface area contributed by atoms with Gasteiger partial charge in [-0.1, -0.05) is 20.8 Å². The maximum absolute atomic E-state index is 10.8. The van der Waals surface area contributed by atoms with Gasteiger partial charge in [0.1, 0.15) is 6.09 Å². The second-order valence-electron chi connectivity index (χ2n) is 4.77. The van der Waals surface area contributed by atoms with Gasteiger partial charge in [-0.25, -0.2) is 0 Å². The van der Waals surface area contributed by atoms with Crippen LogP contribution >= 0.6 is 12.4 Å². The Labute approximate surface area is 91.1 Å². The maximum Gasteiger partial charge on any atom is 0.137 e. The molecule has 0 unspecified atom stereocenters. The Morgan fingerprint density at radius 2 is 2.00 bits per heavy atom. The van der Waals surface area contributed by atoms with Crippen LogP contribution in [0.15, 0.2) is 0 Å². The van der Waals surface area contributed by atoms with Crippen LogP contribution in [-0.2, 0) is 0 Å². The van der Waals surface area contributed by atoms with Crippen LogP contribution in [0.4, 0.5) is 4.79 Å². The topological polar surface area (TPSA) is 55.4 Å². The Bertz CT molecular complexity index is 199. The first-order valence-electron chi connectivity index (χ1n) is 4.58. The van der Waals surface area contributed by atoms with Gasteiger partial charge in [-0.15, -0.1) is 12.4 Å². The highest BCUT2D eigenvalue weighted by Gasteiger charge is 2.27. The number of amides is 1. The van der Waals surface area contributed by atoms with Crippen molar-refractivity contribution in [2.75, 3.05) is 19.6 Å². The molecular weight excluding hydrogens is 204 g/mol. The van der Waals surface area contributed by atoms with Crippen molar-refractivity contribution in [1.29, 1.82) is 0 Å². The number of carbonyl (C=O) groups excluding carboxylic acids is 1. The molecule has 5 heteroatoms. The molecule has 84 valence electrons. The molecule has 1 aliphatic heterocycles. The molecule has 0 bridgehead atoms. The van der Waals surface area contributed by atoms with Crippen LogP contribution in [0, 0.1) is 5.41 Å². The van der Waals surface area contributed by atoms with Crippen LogP contribution in [0.2, 0.25) is 0 Å². The minimum atomic E-state index is -1.05. The van der Waals surface area contributed by atoms with Crippen molar-refractivity contribution in [3.8, 4) is 0 Å². The molecule has 0 atom stereocenters. The van der Waals surface area contributed by atoms with Crippen molar-refractivity contribution in [1.82, 2.24) is 10.2 Å². The number of hydrogen-bond donors (Lipinski definition) is 1. The van der Waals surface area contributed by atoms with Crippen LogP contribution < -0.4 is 10.4 Å². The zero-order valence-electron chi connectivity index (χ0n) is 8.87. The molecule has 0 aromatic rings. The van der Waals surface area contributed by atoms with Gasteiger partial charge in [0.15, 0.2) is 0 Å². The summed E-state index contributed by atoms with van der Waals surface area (Å²) >= 11 is 0. The van der Waals surface area contributed by atoms with Gasteiger partial charge in [-0.05, 0) is 5.41 Å². The number of nitrogens with zero attached hydrogens (tertiary/aromatic N) is 1. The van der Waals surface area contributed by atoms with Gasteiger partial charge in [0.2, 0.25) is 0 Å². The second kappa shape index (κ2) is 4.84. The molecular formula is C9H18ClN2O2-. The summed E-state index contributed by atoms with van der Waals surface area (Å²) in [5.41, 5.74) is -0.00431. The molecule has 14 heavy (non-hydrogen) atoms. The molecule has 0 spiro atoms. The van der Waals surface area contributed by atoms with Crippen molar-refractivity contribution in [3.63, 3.8) is 0 Å². The Morgan fingerprint density at radius 3 is 2.21 bits per heavy atom. The summed E-state index contributed by atoms with van der Waals surface area (Å²) in [6.45, 7) is 8.12. The van der Waals surface area contributed by atoms with E-state index in [1.807, 2.05) is 20.8 Å². The van der Waals surface area contributed by atoms with Crippen LogP contribution in [0.3, 0.4) is 0 Å². The number of halogens is 1. The van der Waals surface area contributed by atoms with Gasteiger partial charge in [-0.2, -0.15) is 0 Å². The average Bonchev–Trinajstić information content (AvgIpc) is 1.78. The van der Waals surface area contributed by atoms with Crippen molar-refractivity contribution < 1.29 is 9.90 Å². The zero-order chi connectivity index (χ0) is 10.1. The zero-order valence-corrected chi connectivity index (χ0v) is 9.69. The molecule has 1 aliphatic rings. The van der Waals surface area contributed by atoms with E-state index in [2.05, 4.69) is 5.32 Å². The molecule has 1 N–H and O–H groups in total. The van der Waals surface area contributed by atoms with Crippen molar-refractivity contribution in [2.45, 2.75) is 26.8 Å². The molecule has 1 fully saturated rings. The van der Waals surface area contributed by atoms with E-state index < -0.39 is 6.09 Å². The smallest absolute Gasteiger partial charge is 0.137 e. The third kappa shape index (κ3) is 3.72. The first-order valence-corrected chi connectivity index (χ1v) is 4.58. The fraction of sp³-hybridized carbons (Fsp3) is 0.889. The van der Waals surface area contributed by atoms with E-state index in [4.69, 9.17) is 0 Å². The SMILES string of the molecule is CC(C)(C)CN(C(=O)[O-])C1CNC1.Cl. The minimum Gasteiger partial charge on any atom is -0.530 e. The summed E-state index contributed by atoms with van der Waals surface area (Å²) in [6, 6.07) is 0.115. The minimum absolute atomic E-state index is 0. The van der Waals surface area contributed by atoms with Crippen LogP contribution in [0.1, 0.15) is 20.8 Å². The van der Waals surface area contributed by atoms with Crippen LogP contribution in [0.25, 0.3) is 0 Å². The van der Waals surface area contributed by atoms with Gasteiger partial charge in [-0.3, -0.25) is 0 Å². The molecule has 1 heterocycles. The van der Waals surface area contributed by atoms with Gasteiger partial charge in [0, 0.05) is 19.6 Å². The van der Waals surface area contributed by atoms with E-state index in [0.717, 1.165) is 13.1 Å². The van der Waals surface area contributed by atoms with E-state index in [1.54, 1.807) is 0 Å². The average molecular weight is 222 g/mol. The van der Waals surface area contributed by atoms with Gasteiger partial charge in [0.25, 0.3) is 0 Å². The van der Waals surface area contributed by atoms with Crippen molar-refractivity contribution in [2.24, 2.45) is 5.41 Å². The highest BCUT2D eigenvalue weighted by atomic mass is 35.5. The van der Waals surface area contributed by atoms with E-state index in [-0.39, 0.29) is 23.9 Å². The van der Waals surface area contributed by atoms with Crippen LogP contribution in [0.5, 0.6) is 0 Å². The highest BCUT2D eigenvalue weighted by Crippen LogP contribution is 2.17. The lowest BCUT2D eigenvalue weighted by molar-refractivity contribution is -0.270. The molecule has 0 saturated carbocycles. The quantitative estimate of drug-likeness (QED) is 0.718. The maximum atomic E-state index is 10.8. The predicted octanol–water partition coefficient (Wildman–Crippen LogP) is 0.0714. The Balaban J connectivity index is 0.00000169. The number of hydrogen-bond acceptors (Lipinski definition) is 3. The molecule has 1 amide bonds. The van der Waals surface area contributed by atoms with Crippen LogP contribution in [-0.4, -0.2) is 36.7 Å². The summed E-state index contributed by atoms with van der Waals surface area (Å²) in [5, 5.41) is 13.8. The van der Waals surface area contributed by atoms with E-state index in [0.29, 0.717) is 6.54 Å². The molecule has 4 nitrogen and oxygen atoms in total. The molecule has 0 aliphatic carbocycles. The monoisotopic (exact) mass is 221 g/mol. The summed E-state index contributed by atoms with van der Waals surface area (Å²) in [7, 11) is 0. The summed E-state index contributed by atoms with van der Waals surface area (Å²) < 4.78 is 0. The first-order chi connectivity index (χ1) is 5.90. The van der Waals surface area contributed by atoms with E-state index >= 15 is 0 Å². The largest absolute Gasteiger partial charge is 0.530 e. The third-order valence-corrected chi connectivity index (χ3v) is 2.08. The molecule has 0 aromatic heterocycles. The number of carboxylic acid groups (broad SMARTS) is 1. The lowest BCUT2D eigenvalue weighted by atomic mass is 9.95. The fourth-order valence-corrected chi connectivity index (χ4v) is 1.35. The van der Waals surface area contributed by atoms with Crippen molar-refractivity contribution >= 4 is 18.5 Å². The Kier molecular flexibility index (Phi) is 4.68. The van der Waals surface area contributed by atoms with E-state index in [9.17, 15) is 9.90 Å².